The zero-order chi connectivity index (χ0) is 12.1. The van der Waals surface area contributed by atoms with Crippen LogP contribution in [0, 0.1) is 0 Å². The topological polar surface area (TPSA) is 30.9 Å². The van der Waals surface area contributed by atoms with Crippen molar-refractivity contribution in [3.05, 3.63) is 0 Å². The summed E-state index contributed by atoms with van der Waals surface area (Å²) in [6.45, 7) is 2.11. The monoisotopic (exact) mass is 259 g/mol. The van der Waals surface area contributed by atoms with Gasteiger partial charge in [0.15, 0.2) is 0 Å². The average Bonchev–Trinajstić information content (AvgIpc) is 2.92. The van der Waals surface area contributed by atoms with Gasteiger partial charge in [0.2, 0.25) is 0 Å². The lowest BCUT2D eigenvalue weighted by atomic mass is 9.98. The van der Waals surface area contributed by atoms with E-state index in [0.29, 0.717) is 6.10 Å². The highest BCUT2D eigenvalue weighted by Crippen LogP contribution is 2.27. The Morgan fingerprint density at radius 1 is 0.882 bits per heavy atom. The molecule has 0 aromatic rings. The molecule has 1 aliphatic heterocycles. The third kappa shape index (κ3) is 3.09. The Balaban J connectivity index is 1.98. The van der Waals surface area contributed by atoms with Gasteiger partial charge in [-0.25, -0.2) is 0 Å². The highest BCUT2D eigenvalue weighted by atomic mass is 28.4. The molecule has 0 bridgehead atoms. The molecule has 0 unspecified atom stereocenters. The molecule has 17 heavy (non-hydrogen) atoms. The Hall–Kier alpha value is 0.0569. The minimum Gasteiger partial charge on any atom is -0.364 e. The van der Waals surface area contributed by atoms with Crippen molar-refractivity contribution in [1.29, 1.82) is 0 Å². The first-order chi connectivity index (χ1) is 8.30. The molecule has 0 aromatic carbocycles. The minimum absolute atomic E-state index is 0.343. The second-order valence-corrected chi connectivity index (χ2v) is 7.74. The fraction of sp³-hybridized carbons (Fsp3) is 1.00. The van der Waals surface area contributed by atoms with Crippen molar-refractivity contribution in [2.75, 3.05) is 27.3 Å². The van der Waals surface area contributed by atoms with Gasteiger partial charge in [0.1, 0.15) is 0 Å². The van der Waals surface area contributed by atoms with E-state index in [1.165, 1.54) is 32.1 Å². The van der Waals surface area contributed by atoms with Crippen molar-refractivity contribution < 1.29 is 13.3 Å². The maximum atomic E-state index is 6.28. The lowest BCUT2D eigenvalue weighted by Crippen LogP contribution is -2.60. The van der Waals surface area contributed by atoms with E-state index >= 15 is 0 Å². The van der Waals surface area contributed by atoms with Gasteiger partial charge in [-0.15, -0.1) is 0 Å². The van der Waals surface area contributed by atoms with Crippen molar-refractivity contribution >= 4 is 8.97 Å². The third-order valence-corrected chi connectivity index (χ3v) is 6.76. The highest BCUT2D eigenvalue weighted by molar-refractivity contribution is 6.57. The Morgan fingerprint density at radius 2 is 1.47 bits per heavy atom. The van der Waals surface area contributed by atoms with Crippen LogP contribution >= 0.6 is 0 Å². The van der Waals surface area contributed by atoms with Gasteiger partial charge < -0.3 is 13.3 Å². The molecule has 0 amide bonds. The summed E-state index contributed by atoms with van der Waals surface area (Å²) in [5.74, 6) is 0. The molecule has 1 saturated heterocycles. The van der Waals surface area contributed by atoms with E-state index in [2.05, 4.69) is 4.57 Å². The Morgan fingerprint density at radius 3 is 2.00 bits per heavy atom. The minimum atomic E-state index is -2.56. The Bertz CT molecular complexity index is 224. The van der Waals surface area contributed by atoms with Crippen molar-refractivity contribution in [3.63, 3.8) is 0 Å². The second-order valence-electron chi connectivity index (χ2n) is 5.00. The van der Waals surface area contributed by atoms with Crippen molar-refractivity contribution in [2.45, 2.75) is 51.0 Å². The van der Waals surface area contributed by atoms with E-state index in [4.69, 9.17) is 13.3 Å². The molecule has 2 fully saturated rings. The summed E-state index contributed by atoms with van der Waals surface area (Å²) in [5.41, 5.74) is 0. The molecule has 0 N–H and O–H groups in total. The molecule has 1 aliphatic carbocycles. The summed E-state index contributed by atoms with van der Waals surface area (Å²) in [6.07, 6.45) is 9.04. The SMILES string of the molecule is CO[Si](OC)(OC1CCCCC1)N1CCCC1. The van der Waals surface area contributed by atoms with Crippen LogP contribution in [0.25, 0.3) is 0 Å². The fourth-order valence-electron chi connectivity index (χ4n) is 2.90. The molecule has 2 aliphatic rings. The zero-order valence-corrected chi connectivity index (χ0v) is 12.1. The molecule has 0 aromatic heterocycles. The number of hydrogen-bond donors (Lipinski definition) is 0. The van der Waals surface area contributed by atoms with Gasteiger partial charge in [-0.05, 0) is 38.8 Å². The maximum absolute atomic E-state index is 6.28. The van der Waals surface area contributed by atoms with Crippen LogP contribution in [0.1, 0.15) is 44.9 Å². The Labute approximate surface area is 106 Å². The predicted molar refractivity (Wildman–Crippen MR) is 68.5 cm³/mol. The van der Waals surface area contributed by atoms with Gasteiger partial charge >= 0.3 is 8.97 Å². The van der Waals surface area contributed by atoms with Crippen LogP contribution < -0.4 is 0 Å². The van der Waals surface area contributed by atoms with Crippen LogP contribution in [0.5, 0.6) is 0 Å². The zero-order valence-electron chi connectivity index (χ0n) is 11.1. The van der Waals surface area contributed by atoms with Crippen molar-refractivity contribution in [2.24, 2.45) is 0 Å². The number of rotatable bonds is 5. The molecule has 0 radical (unpaired) electrons. The molecule has 2 rings (SSSR count). The third-order valence-electron chi connectivity index (χ3n) is 3.88. The van der Waals surface area contributed by atoms with Gasteiger partial charge in [-0.2, -0.15) is 0 Å². The first-order valence-corrected chi connectivity index (χ1v) is 8.51. The molecule has 5 heteroatoms. The Kier molecular flexibility index (Phi) is 4.99. The van der Waals surface area contributed by atoms with Gasteiger partial charge in [-0.1, -0.05) is 19.3 Å². The molecule has 0 atom stereocenters. The van der Waals surface area contributed by atoms with Crippen LogP contribution in [0.2, 0.25) is 0 Å². The molecule has 1 heterocycles. The molecule has 4 nitrogen and oxygen atoms in total. The van der Waals surface area contributed by atoms with Crippen molar-refractivity contribution in [1.82, 2.24) is 4.57 Å². The van der Waals surface area contributed by atoms with E-state index in [1.54, 1.807) is 14.2 Å². The van der Waals surface area contributed by atoms with Crippen LogP contribution in [0.3, 0.4) is 0 Å². The van der Waals surface area contributed by atoms with Gasteiger partial charge in [0.25, 0.3) is 0 Å². The second kappa shape index (κ2) is 6.29. The lowest BCUT2D eigenvalue weighted by molar-refractivity contribution is -0.0000579. The first-order valence-electron chi connectivity index (χ1n) is 6.84. The number of hydrogen-bond acceptors (Lipinski definition) is 4. The van der Waals surface area contributed by atoms with Crippen LogP contribution in [0.4, 0.5) is 0 Å². The smallest absolute Gasteiger partial charge is 0.364 e. The summed E-state index contributed by atoms with van der Waals surface area (Å²) in [5, 5.41) is 0. The molecular weight excluding hydrogens is 234 g/mol. The van der Waals surface area contributed by atoms with Crippen molar-refractivity contribution in [3.8, 4) is 0 Å². The summed E-state index contributed by atoms with van der Waals surface area (Å²) in [4.78, 5) is 0. The van der Waals surface area contributed by atoms with Crippen LogP contribution in [-0.4, -0.2) is 46.9 Å². The summed E-state index contributed by atoms with van der Waals surface area (Å²) >= 11 is 0. The van der Waals surface area contributed by atoms with E-state index in [1.807, 2.05) is 0 Å². The van der Waals surface area contributed by atoms with E-state index in [0.717, 1.165) is 25.9 Å². The highest BCUT2D eigenvalue weighted by Gasteiger charge is 2.50. The molecule has 100 valence electrons. The largest absolute Gasteiger partial charge is 0.599 e. The lowest BCUT2D eigenvalue weighted by Gasteiger charge is -2.37. The molecular formula is C12H25NO3Si. The summed E-state index contributed by atoms with van der Waals surface area (Å²) in [6, 6.07) is 0. The van der Waals surface area contributed by atoms with Gasteiger partial charge in [0, 0.05) is 14.2 Å². The fourth-order valence-corrected chi connectivity index (χ4v) is 5.44. The first kappa shape index (κ1) is 13.5. The normalized spacial score (nSPS) is 24.4. The van der Waals surface area contributed by atoms with Gasteiger partial charge in [-0.3, -0.25) is 4.57 Å². The van der Waals surface area contributed by atoms with E-state index < -0.39 is 8.97 Å². The maximum Gasteiger partial charge on any atom is 0.599 e. The quantitative estimate of drug-likeness (QED) is 0.708. The van der Waals surface area contributed by atoms with Gasteiger partial charge in [0.05, 0.1) is 6.10 Å². The van der Waals surface area contributed by atoms with Crippen LogP contribution in [-0.2, 0) is 13.3 Å². The summed E-state index contributed by atoms with van der Waals surface area (Å²) in [7, 11) is 0.902. The predicted octanol–water partition coefficient (Wildman–Crippen LogP) is 2.16. The molecule has 1 saturated carbocycles. The standard InChI is InChI=1S/C12H25NO3Si/c1-14-17(15-2,13-10-6-7-11-13)16-12-8-4-3-5-9-12/h12H,3-11H2,1-2H3. The summed E-state index contributed by atoms with van der Waals surface area (Å²) < 4.78 is 20.0. The van der Waals surface area contributed by atoms with E-state index in [-0.39, 0.29) is 0 Å². The van der Waals surface area contributed by atoms with Crippen LogP contribution in [0.15, 0.2) is 0 Å². The average molecular weight is 259 g/mol. The molecule has 0 spiro atoms. The van der Waals surface area contributed by atoms with E-state index in [9.17, 15) is 0 Å². The number of nitrogens with zero attached hydrogens (tertiary/aromatic N) is 1.